The highest BCUT2D eigenvalue weighted by atomic mass is 19.4. The van der Waals surface area contributed by atoms with E-state index in [1.807, 2.05) is 0 Å². The summed E-state index contributed by atoms with van der Waals surface area (Å²) in [6.07, 6.45) is 1.34. The third kappa shape index (κ3) is 3.64. The zero-order valence-electron chi connectivity index (χ0n) is 14.6. The lowest BCUT2D eigenvalue weighted by atomic mass is 9.75. The molecule has 2 saturated heterocycles. The molecule has 0 spiro atoms. The number of carbonyl (C=O) groups is 2. The molecular weight excluding hydrogens is 335 g/mol. The van der Waals surface area contributed by atoms with Crippen LogP contribution in [0.5, 0.6) is 0 Å². The van der Waals surface area contributed by atoms with Crippen molar-refractivity contribution in [2.45, 2.75) is 63.6 Å². The number of alkyl halides is 3. The van der Waals surface area contributed by atoms with Gasteiger partial charge in [0.25, 0.3) is 5.91 Å². The maximum atomic E-state index is 13.0. The standard InChI is InChI=1S/C17H26F3N3O2/c1-16(12-6-3-2-4-7-12)14(24)23(15(25)21-16)11-22-9-5-8-13(10-22)17(18,19)20/h12-13H,2-11H2,1H3,(H,21,25)/t13-,16-/m1/s1. The highest BCUT2D eigenvalue weighted by molar-refractivity contribution is 6.07. The quantitative estimate of drug-likeness (QED) is 0.786. The summed E-state index contributed by atoms with van der Waals surface area (Å²) in [5.74, 6) is -1.57. The summed E-state index contributed by atoms with van der Waals surface area (Å²) in [6, 6.07) is -0.479. The van der Waals surface area contributed by atoms with Crippen molar-refractivity contribution in [1.82, 2.24) is 15.1 Å². The minimum absolute atomic E-state index is 0.0560. The highest BCUT2D eigenvalue weighted by Gasteiger charge is 2.53. The molecule has 2 atom stereocenters. The van der Waals surface area contributed by atoms with Crippen molar-refractivity contribution >= 4 is 11.9 Å². The van der Waals surface area contributed by atoms with Crippen molar-refractivity contribution in [3.63, 3.8) is 0 Å². The van der Waals surface area contributed by atoms with E-state index in [1.54, 1.807) is 11.8 Å². The maximum Gasteiger partial charge on any atom is 0.393 e. The minimum atomic E-state index is -4.23. The number of likely N-dealkylation sites (tertiary alicyclic amines) is 1. The summed E-state index contributed by atoms with van der Waals surface area (Å²) in [6.45, 7) is 2.03. The molecular formula is C17H26F3N3O2. The van der Waals surface area contributed by atoms with Gasteiger partial charge in [-0.25, -0.2) is 9.69 Å². The van der Waals surface area contributed by atoms with Crippen LogP contribution in [0.2, 0.25) is 0 Å². The number of carbonyl (C=O) groups excluding carboxylic acids is 2. The fraction of sp³-hybridized carbons (Fsp3) is 0.882. The van der Waals surface area contributed by atoms with Crippen LogP contribution in [0.1, 0.15) is 51.9 Å². The van der Waals surface area contributed by atoms with Gasteiger partial charge >= 0.3 is 12.2 Å². The van der Waals surface area contributed by atoms with E-state index in [1.165, 1.54) is 0 Å². The van der Waals surface area contributed by atoms with Gasteiger partial charge in [-0.2, -0.15) is 13.2 Å². The Labute approximate surface area is 145 Å². The Bertz CT molecular complexity index is 534. The van der Waals surface area contributed by atoms with Crippen LogP contribution in [-0.2, 0) is 4.79 Å². The van der Waals surface area contributed by atoms with Crippen LogP contribution in [0.25, 0.3) is 0 Å². The summed E-state index contributed by atoms with van der Waals surface area (Å²) in [5.41, 5.74) is -0.920. The maximum absolute atomic E-state index is 13.0. The topological polar surface area (TPSA) is 52.7 Å². The molecule has 3 aliphatic rings. The molecule has 3 fully saturated rings. The van der Waals surface area contributed by atoms with E-state index < -0.39 is 23.7 Å². The van der Waals surface area contributed by atoms with Gasteiger partial charge in [0.1, 0.15) is 5.54 Å². The SMILES string of the molecule is C[C@]1(C2CCCCC2)NC(=O)N(CN2CCC[C@@H](C(F)(F)F)C2)C1=O. The number of rotatable bonds is 3. The van der Waals surface area contributed by atoms with E-state index in [-0.39, 0.29) is 31.5 Å². The first kappa shape index (κ1) is 18.5. The molecule has 0 aromatic carbocycles. The number of piperidine rings is 1. The lowest BCUT2D eigenvalue weighted by Gasteiger charge is -2.36. The zero-order valence-corrected chi connectivity index (χ0v) is 14.6. The number of imide groups is 1. The van der Waals surface area contributed by atoms with Crippen molar-refractivity contribution in [1.29, 1.82) is 0 Å². The molecule has 1 aliphatic carbocycles. The van der Waals surface area contributed by atoms with E-state index in [2.05, 4.69) is 5.32 Å². The van der Waals surface area contributed by atoms with Gasteiger partial charge in [-0.3, -0.25) is 9.69 Å². The second-order valence-corrected chi connectivity index (χ2v) is 7.80. The summed E-state index contributed by atoms with van der Waals surface area (Å²) < 4.78 is 38.9. The van der Waals surface area contributed by atoms with Crippen LogP contribution >= 0.6 is 0 Å². The molecule has 2 heterocycles. The van der Waals surface area contributed by atoms with Crippen molar-refractivity contribution in [2.75, 3.05) is 19.8 Å². The third-order valence-corrected chi connectivity index (χ3v) is 6.03. The molecule has 25 heavy (non-hydrogen) atoms. The molecule has 0 aromatic heterocycles. The van der Waals surface area contributed by atoms with Gasteiger partial charge in [0, 0.05) is 6.54 Å². The molecule has 0 bridgehead atoms. The molecule has 8 heteroatoms. The van der Waals surface area contributed by atoms with Crippen molar-refractivity contribution in [2.24, 2.45) is 11.8 Å². The van der Waals surface area contributed by atoms with Crippen molar-refractivity contribution < 1.29 is 22.8 Å². The smallest absolute Gasteiger partial charge is 0.323 e. The third-order valence-electron chi connectivity index (χ3n) is 6.03. The number of nitrogens with zero attached hydrogens (tertiary/aromatic N) is 2. The molecule has 2 aliphatic heterocycles. The van der Waals surface area contributed by atoms with Crippen LogP contribution in [0.4, 0.5) is 18.0 Å². The number of nitrogens with one attached hydrogen (secondary N) is 1. The lowest BCUT2D eigenvalue weighted by Crippen LogP contribution is -2.52. The fourth-order valence-electron chi connectivity index (χ4n) is 4.45. The van der Waals surface area contributed by atoms with Crippen LogP contribution in [-0.4, -0.2) is 53.2 Å². The molecule has 5 nitrogen and oxygen atoms in total. The van der Waals surface area contributed by atoms with Gasteiger partial charge in [0.05, 0.1) is 12.6 Å². The van der Waals surface area contributed by atoms with E-state index in [0.29, 0.717) is 13.0 Å². The highest BCUT2D eigenvalue weighted by Crippen LogP contribution is 2.37. The first-order valence-corrected chi connectivity index (χ1v) is 9.15. The Morgan fingerprint density at radius 2 is 1.80 bits per heavy atom. The summed E-state index contributed by atoms with van der Waals surface area (Å²) in [7, 11) is 0. The van der Waals surface area contributed by atoms with Gasteiger partial charge in [-0.15, -0.1) is 0 Å². The van der Waals surface area contributed by atoms with Gasteiger partial charge in [-0.1, -0.05) is 19.3 Å². The number of amides is 3. The Morgan fingerprint density at radius 3 is 2.44 bits per heavy atom. The predicted octanol–water partition coefficient (Wildman–Crippen LogP) is 3.11. The van der Waals surface area contributed by atoms with E-state index in [9.17, 15) is 22.8 Å². The normalized spacial score (nSPS) is 33.0. The number of hydrogen-bond donors (Lipinski definition) is 1. The van der Waals surface area contributed by atoms with Crippen molar-refractivity contribution in [3.05, 3.63) is 0 Å². The molecule has 1 saturated carbocycles. The molecule has 0 radical (unpaired) electrons. The fourth-order valence-corrected chi connectivity index (χ4v) is 4.45. The molecule has 0 aromatic rings. The summed E-state index contributed by atoms with van der Waals surface area (Å²) in [4.78, 5) is 27.9. The summed E-state index contributed by atoms with van der Waals surface area (Å²) in [5, 5.41) is 2.82. The molecule has 1 N–H and O–H groups in total. The molecule has 142 valence electrons. The second-order valence-electron chi connectivity index (χ2n) is 7.80. The number of hydrogen-bond acceptors (Lipinski definition) is 3. The Kier molecular flexibility index (Phi) is 5.01. The van der Waals surface area contributed by atoms with Gasteiger partial charge in [0.15, 0.2) is 0 Å². The number of halogens is 3. The van der Waals surface area contributed by atoms with Crippen LogP contribution in [0.15, 0.2) is 0 Å². The number of urea groups is 1. The molecule has 3 rings (SSSR count). The van der Waals surface area contributed by atoms with Crippen molar-refractivity contribution in [3.8, 4) is 0 Å². The molecule has 0 unspecified atom stereocenters. The van der Waals surface area contributed by atoms with E-state index >= 15 is 0 Å². The summed E-state index contributed by atoms with van der Waals surface area (Å²) >= 11 is 0. The average molecular weight is 361 g/mol. The van der Waals surface area contributed by atoms with Gasteiger partial charge in [0.2, 0.25) is 0 Å². The largest absolute Gasteiger partial charge is 0.393 e. The average Bonchev–Trinajstić information content (AvgIpc) is 2.80. The van der Waals surface area contributed by atoms with E-state index in [4.69, 9.17) is 0 Å². The first-order chi connectivity index (χ1) is 11.7. The second kappa shape index (κ2) is 6.78. The Hall–Kier alpha value is -1.31. The van der Waals surface area contributed by atoms with Gasteiger partial charge < -0.3 is 5.32 Å². The van der Waals surface area contributed by atoms with Crippen LogP contribution < -0.4 is 5.32 Å². The monoisotopic (exact) mass is 361 g/mol. The Balaban J connectivity index is 1.66. The lowest BCUT2D eigenvalue weighted by molar-refractivity contribution is -0.187. The van der Waals surface area contributed by atoms with Crippen LogP contribution in [0, 0.1) is 11.8 Å². The predicted molar refractivity (Wildman–Crippen MR) is 85.6 cm³/mol. The minimum Gasteiger partial charge on any atom is -0.323 e. The molecule has 3 amide bonds. The zero-order chi connectivity index (χ0) is 18.2. The van der Waals surface area contributed by atoms with Crippen LogP contribution in [0.3, 0.4) is 0 Å². The Morgan fingerprint density at radius 1 is 1.12 bits per heavy atom. The van der Waals surface area contributed by atoms with E-state index in [0.717, 1.165) is 37.0 Å². The van der Waals surface area contributed by atoms with Gasteiger partial charge in [-0.05, 0) is 45.1 Å². The first-order valence-electron chi connectivity index (χ1n) is 9.15.